The summed E-state index contributed by atoms with van der Waals surface area (Å²) in [4.78, 5) is 79.9. The average Bonchev–Trinajstić information content (AvgIpc) is 3.60. The average molecular weight is 724 g/mol. The van der Waals surface area contributed by atoms with Gasteiger partial charge >= 0.3 is 0 Å². The van der Waals surface area contributed by atoms with Crippen molar-refractivity contribution in [3.8, 4) is 0 Å². The standard InChI is InChI=1S/C35H50N9O6P/c1-5-13-24(39-31(48)25-18-12-19-43(25)34(50)33(51)41-26(45)20-22-14-8-6-9-15-22)29(47)32(49)38-21-27(46)40-28(23-16-10-7-11-17-23)30(42-36)44(37)35(2,3)4/h6-11,14-17,24-25,28,33H,5,12-13,18-21,36-37,51H2,1-4H3,(H,38,49)(H,39,48)(H,40,46)(H,41,45)/b42-30-/t24?,25-,28?,33-/m0/s1. The van der Waals surface area contributed by atoms with E-state index in [0.29, 0.717) is 24.8 Å². The molecule has 2 aromatic rings. The third-order valence-electron chi connectivity index (χ3n) is 8.27. The van der Waals surface area contributed by atoms with E-state index in [2.05, 4.69) is 35.6 Å². The topological polar surface area (TPSA) is 221 Å². The van der Waals surface area contributed by atoms with Gasteiger partial charge in [0.15, 0.2) is 5.84 Å². The Morgan fingerprint density at radius 2 is 1.59 bits per heavy atom. The summed E-state index contributed by atoms with van der Waals surface area (Å²) in [7, 11) is 2.30. The number of likely N-dealkylation sites (tertiary alicyclic amines) is 1. The fraction of sp³-hybridized carbons (Fsp3) is 0.457. The number of hydrogen-bond acceptors (Lipinski definition) is 9. The first-order chi connectivity index (χ1) is 24.2. The van der Waals surface area contributed by atoms with Crippen molar-refractivity contribution in [1.29, 1.82) is 0 Å². The molecule has 1 aliphatic heterocycles. The lowest BCUT2D eigenvalue weighted by molar-refractivity contribution is -0.142. The maximum absolute atomic E-state index is 13.4. The van der Waals surface area contributed by atoms with Crippen molar-refractivity contribution in [2.75, 3.05) is 13.1 Å². The number of hydrazone groups is 1. The molecule has 0 aliphatic carbocycles. The maximum Gasteiger partial charge on any atom is 0.290 e. The molecule has 0 radical (unpaired) electrons. The molecular weight excluding hydrogens is 673 g/mol. The second kappa shape index (κ2) is 18.9. The largest absolute Gasteiger partial charge is 0.344 e. The molecule has 15 nitrogen and oxygen atoms in total. The molecule has 0 aromatic heterocycles. The summed E-state index contributed by atoms with van der Waals surface area (Å²) in [6.07, 6.45) is 1.59. The highest BCUT2D eigenvalue weighted by Crippen LogP contribution is 2.22. The van der Waals surface area contributed by atoms with Gasteiger partial charge in [-0.2, -0.15) is 5.10 Å². The Morgan fingerprint density at radius 3 is 2.18 bits per heavy atom. The van der Waals surface area contributed by atoms with E-state index in [9.17, 15) is 28.8 Å². The van der Waals surface area contributed by atoms with Crippen molar-refractivity contribution in [3.05, 3.63) is 71.8 Å². The van der Waals surface area contributed by atoms with Crippen LogP contribution in [0.2, 0.25) is 0 Å². The van der Waals surface area contributed by atoms with E-state index in [1.807, 2.05) is 39.0 Å². The minimum Gasteiger partial charge on any atom is -0.344 e. The molecule has 8 N–H and O–H groups in total. The first-order valence-electron chi connectivity index (χ1n) is 16.9. The van der Waals surface area contributed by atoms with Crippen LogP contribution in [0, 0.1) is 0 Å². The van der Waals surface area contributed by atoms with Crippen molar-refractivity contribution in [2.45, 2.75) is 89.2 Å². The van der Waals surface area contributed by atoms with Crippen molar-refractivity contribution >= 4 is 50.4 Å². The van der Waals surface area contributed by atoms with Crippen LogP contribution in [0.4, 0.5) is 0 Å². The Bertz CT molecular complexity index is 1570. The van der Waals surface area contributed by atoms with Crippen molar-refractivity contribution in [3.63, 3.8) is 0 Å². The van der Waals surface area contributed by atoms with Gasteiger partial charge in [-0.1, -0.05) is 74.0 Å². The van der Waals surface area contributed by atoms with Crippen molar-refractivity contribution < 1.29 is 28.8 Å². The van der Waals surface area contributed by atoms with Gasteiger partial charge in [0.05, 0.1) is 19.0 Å². The zero-order chi connectivity index (χ0) is 37.7. The monoisotopic (exact) mass is 723 g/mol. The number of carbonyl (C=O) groups is 6. The number of hydrazine groups is 1. The molecule has 5 amide bonds. The van der Waals surface area contributed by atoms with Gasteiger partial charge < -0.3 is 32.0 Å². The number of amidine groups is 1. The number of amides is 5. The number of benzene rings is 2. The number of nitrogens with zero attached hydrogens (tertiary/aromatic N) is 3. The van der Waals surface area contributed by atoms with Gasteiger partial charge in [-0.15, -0.1) is 9.24 Å². The Kier molecular flexibility index (Phi) is 15.0. The van der Waals surface area contributed by atoms with Crippen LogP contribution in [0.25, 0.3) is 0 Å². The molecule has 2 aromatic carbocycles. The van der Waals surface area contributed by atoms with Gasteiger partial charge in [-0.3, -0.25) is 33.8 Å². The molecule has 0 bridgehead atoms. The van der Waals surface area contributed by atoms with Gasteiger partial charge in [0.1, 0.15) is 17.9 Å². The van der Waals surface area contributed by atoms with E-state index in [0.717, 1.165) is 5.56 Å². The Hall–Kier alpha value is -4.88. The number of nitrogens with two attached hydrogens (primary N) is 2. The van der Waals surface area contributed by atoms with Gasteiger partial charge in [-0.25, -0.2) is 5.84 Å². The molecule has 3 rings (SSSR count). The van der Waals surface area contributed by atoms with Crippen molar-refractivity contribution in [2.24, 2.45) is 16.8 Å². The highest BCUT2D eigenvalue weighted by molar-refractivity contribution is 7.19. The van der Waals surface area contributed by atoms with Gasteiger partial charge in [0.2, 0.25) is 29.4 Å². The molecule has 51 heavy (non-hydrogen) atoms. The molecule has 1 saturated heterocycles. The lowest BCUT2D eigenvalue weighted by Gasteiger charge is -2.36. The molecule has 5 atom stereocenters. The summed E-state index contributed by atoms with van der Waals surface area (Å²) in [5.74, 6) is 7.16. The normalized spacial score (nSPS) is 16.3. The van der Waals surface area contributed by atoms with Gasteiger partial charge in [0, 0.05) is 12.1 Å². The van der Waals surface area contributed by atoms with E-state index < -0.39 is 65.4 Å². The number of nitrogens with one attached hydrogen (secondary N) is 4. The summed E-state index contributed by atoms with van der Waals surface area (Å²) < 4.78 is 0. The van der Waals surface area contributed by atoms with Crippen LogP contribution in [0.15, 0.2) is 65.8 Å². The second-order valence-corrected chi connectivity index (χ2v) is 13.9. The predicted octanol–water partition coefficient (Wildman–Crippen LogP) is 0.612. The summed E-state index contributed by atoms with van der Waals surface area (Å²) in [6, 6.07) is 15.0. The summed E-state index contributed by atoms with van der Waals surface area (Å²) in [5.41, 5.74) is 0.818. The fourth-order valence-electron chi connectivity index (χ4n) is 5.55. The molecule has 1 heterocycles. The molecule has 1 aliphatic rings. The van der Waals surface area contributed by atoms with Gasteiger partial charge in [0.25, 0.3) is 5.91 Å². The third kappa shape index (κ3) is 11.6. The zero-order valence-corrected chi connectivity index (χ0v) is 30.7. The second-order valence-electron chi connectivity index (χ2n) is 13.2. The highest BCUT2D eigenvalue weighted by atomic mass is 31.0. The van der Waals surface area contributed by atoms with E-state index in [1.54, 1.807) is 49.4 Å². The number of carbonyl (C=O) groups excluding carboxylic acids is 6. The van der Waals surface area contributed by atoms with Crippen LogP contribution in [0.1, 0.15) is 70.5 Å². The fourth-order valence-corrected chi connectivity index (χ4v) is 5.93. The quantitative estimate of drug-likeness (QED) is 0.0378. The predicted molar refractivity (Wildman–Crippen MR) is 196 cm³/mol. The van der Waals surface area contributed by atoms with E-state index in [-0.39, 0.29) is 31.1 Å². The highest BCUT2D eigenvalue weighted by Gasteiger charge is 2.38. The maximum atomic E-state index is 13.4. The molecule has 276 valence electrons. The van der Waals surface area contributed by atoms with E-state index in [1.165, 1.54) is 9.91 Å². The lowest BCUT2D eigenvalue weighted by Crippen LogP contribution is -2.56. The summed E-state index contributed by atoms with van der Waals surface area (Å²) in [6.45, 7) is 7.04. The minimum atomic E-state index is -1.19. The number of Topliss-reactive ketones (excluding diaryl/α,β-unsaturated/α-hetero) is 1. The zero-order valence-electron chi connectivity index (χ0n) is 29.6. The van der Waals surface area contributed by atoms with E-state index in [4.69, 9.17) is 11.7 Å². The molecule has 0 saturated carbocycles. The van der Waals surface area contributed by atoms with Crippen LogP contribution in [0.3, 0.4) is 0 Å². The lowest BCUT2D eigenvalue weighted by atomic mass is 10.0. The first kappa shape index (κ1) is 40.5. The smallest absolute Gasteiger partial charge is 0.290 e. The minimum absolute atomic E-state index is 0.0908. The molecular formula is C35H50N9O6P. The number of rotatable bonds is 15. The Labute approximate surface area is 300 Å². The van der Waals surface area contributed by atoms with Gasteiger partial charge in [-0.05, 0) is 51.2 Å². The van der Waals surface area contributed by atoms with Crippen LogP contribution in [-0.4, -0.2) is 87.6 Å². The number of hydrogen-bond donors (Lipinski definition) is 6. The summed E-state index contributed by atoms with van der Waals surface area (Å²) >= 11 is 0. The SMILES string of the molecule is CCCC(NC(=O)[C@@H]1CCCN1C(=O)[C@H](P)NC(=O)Cc1ccccc1)C(=O)C(=O)NCC(=O)NC(/C(=N/N)N(N)C(C)(C)C)c1ccccc1. The summed E-state index contributed by atoms with van der Waals surface area (Å²) in [5, 5.41) is 15.6. The van der Waals surface area contributed by atoms with Crippen LogP contribution in [0.5, 0.6) is 0 Å². The van der Waals surface area contributed by atoms with Crippen LogP contribution in [-0.2, 0) is 35.2 Å². The molecule has 16 heteroatoms. The Morgan fingerprint density at radius 1 is 0.961 bits per heavy atom. The van der Waals surface area contributed by atoms with Crippen molar-refractivity contribution in [1.82, 2.24) is 31.2 Å². The molecule has 3 unspecified atom stereocenters. The molecule has 0 spiro atoms. The first-order valence-corrected chi connectivity index (χ1v) is 17.5. The molecule has 1 fully saturated rings. The van der Waals surface area contributed by atoms with Crippen LogP contribution >= 0.6 is 9.24 Å². The van der Waals surface area contributed by atoms with E-state index >= 15 is 0 Å². The van der Waals surface area contributed by atoms with Crippen LogP contribution < -0.4 is 33.0 Å². The third-order valence-corrected chi connectivity index (χ3v) is 8.72. The number of ketones is 1. The Balaban J connectivity index is 1.61.